The minimum atomic E-state index is -2.44. The van der Waals surface area contributed by atoms with Crippen molar-refractivity contribution < 1.29 is 63.0 Å². The van der Waals surface area contributed by atoms with Gasteiger partial charge < -0.3 is 9.47 Å². The smallest absolute Gasteiger partial charge is 0.339 e. The average molecular weight is 552 g/mol. The van der Waals surface area contributed by atoms with Crippen LogP contribution in [0.2, 0.25) is 0 Å². The molecule has 0 heterocycles. The van der Waals surface area contributed by atoms with Gasteiger partial charge in [0.15, 0.2) is 0 Å². The van der Waals surface area contributed by atoms with Gasteiger partial charge in [-0.2, -0.15) is 17.6 Å². The summed E-state index contributed by atoms with van der Waals surface area (Å²) in [5, 5.41) is 0. The number of fused-ring (bicyclic) bond motifs is 5. The summed E-state index contributed by atoms with van der Waals surface area (Å²) in [7, 11) is 0. The zero-order chi connectivity index (χ0) is 27.8. The van der Waals surface area contributed by atoms with Crippen LogP contribution >= 0.6 is 0 Å². The van der Waals surface area contributed by atoms with Crippen molar-refractivity contribution in [2.75, 3.05) is 0 Å². The van der Waals surface area contributed by atoms with Crippen molar-refractivity contribution in [1.29, 1.82) is 0 Å². The molecule has 3 aliphatic carbocycles. The molecule has 0 amide bonds. The Bertz CT molecular complexity index is 1440. The first-order valence-electron chi connectivity index (χ1n) is 10.7. The van der Waals surface area contributed by atoms with Crippen molar-refractivity contribution in [1.82, 2.24) is 0 Å². The first kappa shape index (κ1) is 25.8. The first-order chi connectivity index (χ1) is 17.8. The average Bonchev–Trinajstić information content (AvgIpc) is 3.61. The third kappa shape index (κ3) is 3.68. The molecule has 0 aromatic heterocycles. The number of ether oxygens (including phenoxy) is 2. The van der Waals surface area contributed by atoms with Gasteiger partial charge in [0.05, 0.1) is 0 Å². The minimum absolute atomic E-state index is 0.150. The second-order valence-electron chi connectivity index (χ2n) is 8.84. The number of carbonyl (C=O) groups excluding carboxylic acids is 2. The van der Waals surface area contributed by atoms with Gasteiger partial charge in [-0.25, -0.2) is 35.9 Å². The normalized spacial score (nSPS) is 23.3. The lowest BCUT2D eigenvalue weighted by molar-refractivity contribution is -0.131. The van der Waals surface area contributed by atoms with E-state index in [-0.39, 0.29) is 17.6 Å². The predicted molar refractivity (Wildman–Crippen MR) is 103 cm³/mol. The topological polar surface area (TPSA) is 52.6 Å². The van der Waals surface area contributed by atoms with Gasteiger partial charge in [0.1, 0.15) is 0 Å². The number of hydrogen-bond donors (Lipinski definition) is 0. The quantitative estimate of drug-likeness (QED) is 0.160. The maximum atomic E-state index is 13.9. The molecule has 5 rings (SSSR count). The maximum absolute atomic E-state index is 13.9. The van der Waals surface area contributed by atoms with E-state index < -0.39 is 105 Å². The van der Waals surface area contributed by atoms with Crippen molar-refractivity contribution in [3.63, 3.8) is 0 Å². The molecule has 0 saturated heterocycles. The summed E-state index contributed by atoms with van der Waals surface area (Å²) in [6.45, 7) is 0. The highest BCUT2D eigenvalue weighted by Gasteiger charge is 2.53. The Morgan fingerprint density at radius 3 is 1.50 bits per heavy atom. The zero-order valence-corrected chi connectivity index (χ0v) is 18.3. The molecule has 2 bridgehead atoms. The van der Waals surface area contributed by atoms with Crippen LogP contribution in [0, 0.1) is 81.8 Å². The van der Waals surface area contributed by atoms with Crippen molar-refractivity contribution >= 4 is 11.9 Å². The van der Waals surface area contributed by atoms with E-state index in [9.17, 15) is 53.5 Å². The van der Waals surface area contributed by atoms with Crippen LogP contribution in [-0.4, -0.2) is 11.9 Å². The van der Waals surface area contributed by atoms with Gasteiger partial charge in [-0.15, -0.1) is 0 Å². The SMILES string of the molecule is O=C(Oc1c(F)c(F)c(F)c(F)c1F)C1=C[C@@H]2[C@H](C1)[C@H]1C[C@@H]2C=C1C(=O)Oc1c(F)c(F)c(F)c(F)c1F. The molecule has 4 atom stereocenters. The number of carbonyl (C=O) groups is 2. The van der Waals surface area contributed by atoms with Gasteiger partial charge in [0.25, 0.3) is 0 Å². The molecule has 2 aromatic carbocycles. The molecule has 0 aliphatic heterocycles. The molecule has 0 unspecified atom stereocenters. The number of rotatable bonds is 4. The van der Waals surface area contributed by atoms with Crippen LogP contribution in [0.1, 0.15) is 12.8 Å². The number of halogens is 10. The maximum Gasteiger partial charge on any atom is 0.339 e. The standard InChI is InChI=1S/C24H10F10O4/c25-11-13(27)17(31)21(18(32)14(11)28)37-23(35)6-3-7-5-1-9(8(7)4-6)10(2-5)24(36)38-22-19(33)15(29)12(26)16(30)20(22)34/h2-3,5,7-9H,1,4H2/t5-,7+,8+,9-/m1/s1. The van der Waals surface area contributed by atoms with Crippen molar-refractivity contribution in [3.05, 3.63) is 81.5 Å². The molecule has 0 spiro atoms. The molecule has 38 heavy (non-hydrogen) atoms. The molecular formula is C24H10F10O4. The van der Waals surface area contributed by atoms with Crippen LogP contribution in [0.3, 0.4) is 0 Å². The largest absolute Gasteiger partial charge is 0.417 e. The van der Waals surface area contributed by atoms with E-state index in [0.29, 0.717) is 6.42 Å². The Labute approximate surface area is 205 Å². The van der Waals surface area contributed by atoms with Crippen LogP contribution in [0.5, 0.6) is 11.5 Å². The minimum Gasteiger partial charge on any atom is -0.417 e. The summed E-state index contributed by atoms with van der Waals surface area (Å²) in [4.78, 5) is 25.0. The molecule has 200 valence electrons. The Hall–Kier alpha value is -3.84. The fourth-order valence-corrected chi connectivity index (χ4v) is 5.21. The molecule has 0 radical (unpaired) electrons. The van der Waals surface area contributed by atoms with Crippen LogP contribution in [0.25, 0.3) is 0 Å². The molecule has 1 fully saturated rings. The second kappa shape index (κ2) is 8.88. The first-order valence-corrected chi connectivity index (χ1v) is 10.7. The lowest BCUT2D eigenvalue weighted by Crippen LogP contribution is -2.25. The van der Waals surface area contributed by atoms with Crippen LogP contribution in [0.4, 0.5) is 43.9 Å². The number of esters is 2. The van der Waals surface area contributed by atoms with Crippen LogP contribution in [-0.2, 0) is 9.59 Å². The van der Waals surface area contributed by atoms with E-state index in [0.717, 1.165) is 0 Å². The van der Waals surface area contributed by atoms with E-state index >= 15 is 0 Å². The Morgan fingerprint density at radius 2 is 1.03 bits per heavy atom. The second-order valence-corrected chi connectivity index (χ2v) is 8.84. The summed E-state index contributed by atoms with van der Waals surface area (Å²) in [5.41, 5.74) is -0.343. The highest BCUT2D eigenvalue weighted by molar-refractivity contribution is 5.93. The van der Waals surface area contributed by atoms with Gasteiger partial charge >= 0.3 is 11.9 Å². The highest BCUT2D eigenvalue weighted by Crippen LogP contribution is 2.57. The zero-order valence-electron chi connectivity index (χ0n) is 18.3. The van der Waals surface area contributed by atoms with Gasteiger partial charge in [0.2, 0.25) is 69.7 Å². The van der Waals surface area contributed by atoms with Gasteiger partial charge in [-0.3, -0.25) is 0 Å². The van der Waals surface area contributed by atoms with E-state index in [2.05, 4.69) is 9.47 Å². The van der Waals surface area contributed by atoms with Crippen LogP contribution in [0.15, 0.2) is 23.3 Å². The molecule has 14 heteroatoms. The van der Waals surface area contributed by atoms with Crippen molar-refractivity contribution in [3.8, 4) is 11.5 Å². The van der Waals surface area contributed by atoms with Crippen molar-refractivity contribution in [2.45, 2.75) is 12.8 Å². The highest BCUT2D eigenvalue weighted by atomic mass is 19.2. The fraction of sp³-hybridized carbons (Fsp3) is 0.250. The third-order valence-corrected chi connectivity index (χ3v) is 6.90. The lowest BCUT2D eigenvalue weighted by Gasteiger charge is -2.24. The van der Waals surface area contributed by atoms with Gasteiger partial charge in [-0.1, -0.05) is 12.2 Å². The summed E-state index contributed by atoms with van der Waals surface area (Å²) >= 11 is 0. The Morgan fingerprint density at radius 1 is 0.605 bits per heavy atom. The summed E-state index contributed by atoms with van der Waals surface area (Å²) in [6.07, 6.45) is 2.82. The summed E-state index contributed by atoms with van der Waals surface area (Å²) in [5.74, 6) is -32.0. The van der Waals surface area contributed by atoms with E-state index in [1.807, 2.05) is 0 Å². The molecule has 1 saturated carbocycles. The number of allylic oxidation sites excluding steroid dienone is 2. The number of benzene rings is 2. The molecular weight excluding hydrogens is 542 g/mol. The number of hydrogen-bond acceptors (Lipinski definition) is 4. The van der Waals surface area contributed by atoms with Gasteiger partial charge in [0, 0.05) is 11.1 Å². The predicted octanol–water partition coefficient (Wildman–Crippen LogP) is 5.73. The third-order valence-electron chi connectivity index (χ3n) is 6.90. The van der Waals surface area contributed by atoms with Gasteiger partial charge in [-0.05, 0) is 36.5 Å². The lowest BCUT2D eigenvalue weighted by atomic mass is 9.81. The van der Waals surface area contributed by atoms with E-state index in [1.54, 1.807) is 0 Å². The van der Waals surface area contributed by atoms with Crippen molar-refractivity contribution in [2.24, 2.45) is 23.7 Å². The Kier molecular flexibility index (Phi) is 6.03. The molecule has 3 aliphatic rings. The molecule has 4 nitrogen and oxygen atoms in total. The Balaban J connectivity index is 1.32. The van der Waals surface area contributed by atoms with Crippen LogP contribution < -0.4 is 9.47 Å². The monoisotopic (exact) mass is 552 g/mol. The molecule has 0 N–H and O–H groups in total. The summed E-state index contributed by atoms with van der Waals surface area (Å²) in [6, 6.07) is 0. The van der Waals surface area contributed by atoms with E-state index in [1.165, 1.54) is 12.2 Å². The fourth-order valence-electron chi connectivity index (χ4n) is 5.21. The molecule has 2 aromatic rings. The summed E-state index contributed by atoms with van der Waals surface area (Å²) < 4.78 is 145. The van der Waals surface area contributed by atoms with E-state index in [4.69, 9.17) is 0 Å².